The summed E-state index contributed by atoms with van der Waals surface area (Å²) in [6.45, 7) is 4.22. The van der Waals surface area contributed by atoms with Crippen molar-refractivity contribution in [2.24, 2.45) is 0 Å². The largest absolute Gasteiger partial charge is 0.481 e. The van der Waals surface area contributed by atoms with Crippen LogP contribution in [-0.4, -0.2) is 30.2 Å². The van der Waals surface area contributed by atoms with Crippen LogP contribution < -0.4 is 10.2 Å². The van der Waals surface area contributed by atoms with Gasteiger partial charge in [0.2, 0.25) is 0 Å². The minimum atomic E-state index is -0.791. The Morgan fingerprint density at radius 2 is 1.86 bits per heavy atom. The molecule has 1 saturated heterocycles. The summed E-state index contributed by atoms with van der Waals surface area (Å²) in [6, 6.07) is 23.7. The normalized spacial score (nSPS) is 17.8. The molecule has 1 heterocycles. The summed E-state index contributed by atoms with van der Waals surface area (Å²) in [7, 11) is 0. The van der Waals surface area contributed by atoms with Crippen molar-refractivity contribution in [3.05, 3.63) is 77.9 Å². The van der Waals surface area contributed by atoms with Gasteiger partial charge in [-0.2, -0.15) is 0 Å². The Balaban J connectivity index is 1.41. The molecule has 3 aromatic rings. The highest BCUT2D eigenvalue weighted by Gasteiger charge is 2.24. The number of carboxylic acid groups (broad SMARTS) is 1. The van der Waals surface area contributed by atoms with Gasteiger partial charge in [0.25, 0.3) is 0 Å². The number of aliphatic carboxylic acids is 1. The summed E-state index contributed by atoms with van der Waals surface area (Å²) in [5, 5.41) is 15.3. The van der Waals surface area contributed by atoms with Crippen LogP contribution >= 0.6 is 0 Å². The minimum absolute atomic E-state index is 0.0764. The van der Waals surface area contributed by atoms with Crippen molar-refractivity contribution in [1.82, 2.24) is 5.32 Å². The van der Waals surface area contributed by atoms with Crippen LogP contribution in [0.2, 0.25) is 0 Å². The van der Waals surface area contributed by atoms with Gasteiger partial charge < -0.3 is 15.3 Å². The van der Waals surface area contributed by atoms with Crippen LogP contribution in [0.25, 0.3) is 10.8 Å². The van der Waals surface area contributed by atoms with Gasteiger partial charge in [0.15, 0.2) is 0 Å². The Hall–Kier alpha value is -2.85. The van der Waals surface area contributed by atoms with E-state index in [9.17, 15) is 4.79 Å². The van der Waals surface area contributed by atoms with Crippen LogP contribution in [0.15, 0.2) is 66.7 Å². The third-order valence-electron chi connectivity index (χ3n) is 5.62. The van der Waals surface area contributed by atoms with Crippen LogP contribution in [-0.2, 0) is 11.2 Å². The first-order valence-electron chi connectivity index (χ1n) is 9.89. The van der Waals surface area contributed by atoms with Gasteiger partial charge in [0.05, 0.1) is 6.42 Å². The van der Waals surface area contributed by atoms with Gasteiger partial charge in [-0.05, 0) is 47.4 Å². The number of fused-ring (bicyclic) bond motifs is 1. The maximum Gasteiger partial charge on any atom is 0.307 e. The number of anilines is 1. The van der Waals surface area contributed by atoms with E-state index in [2.05, 4.69) is 59.6 Å². The molecule has 4 rings (SSSR count). The lowest BCUT2D eigenvalue weighted by Gasteiger charge is -2.23. The van der Waals surface area contributed by atoms with Crippen molar-refractivity contribution in [2.75, 3.05) is 18.0 Å². The zero-order valence-corrected chi connectivity index (χ0v) is 16.1. The molecule has 1 unspecified atom stereocenters. The third-order valence-corrected chi connectivity index (χ3v) is 5.62. The fraction of sp³-hybridized carbons (Fsp3) is 0.292. The molecular formula is C24H26N2O2. The van der Waals surface area contributed by atoms with Gasteiger partial charge in [-0.1, -0.05) is 54.6 Å². The molecule has 2 N–H and O–H groups in total. The lowest BCUT2D eigenvalue weighted by molar-refractivity contribution is -0.136. The molecule has 0 aromatic heterocycles. The third kappa shape index (κ3) is 4.02. The highest BCUT2D eigenvalue weighted by Crippen LogP contribution is 2.26. The number of nitrogens with zero attached hydrogens (tertiary/aromatic N) is 1. The zero-order valence-electron chi connectivity index (χ0n) is 16.1. The summed E-state index contributed by atoms with van der Waals surface area (Å²) >= 11 is 0. The average Bonchev–Trinajstić information content (AvgIpc) is 3.16. The fourth-order valence-corrected chi connectivity index (χ4v) is 4.20. The summed E-state index contributed by atoms with van der Waals surface area (Å²) in [6.07, 6.45) is 1.18. The van der Waals surface area contributed by atoms with Crippen molar-refractivity contribution in [1.29, 1.82) is 0 Å². The van der Waals surface area contributed by atoms with Gasteiger partial charge in [-0.15, -0.1) is 0 Å². The number of carbonyl (C=O) groups is 1. The number of hydrogen-bond acceptors (Lipinski definition) is 3. The van der Waals surface area contributed by atoms with Gasteiger partial charge in [0, 0.05) is 30.9 Å². The predicted molar refractivity (Wildman–Crippen MR) is 114 cm³/mol. The number of hydrogen-bond donors (Lipinski definition) is 2. The maximum absolute atomic E-state index is 10.8. The van der Waals surface area contributed by atoms with Crippen LogP contribution in [0.1, 0.15) is 30.5 Å². The summed E-state index contributed by atoms with van der Waals surface area (Å²) in [5.74, 6) is -0.791. The lowest BCUT2D eigenvalue weighted by atomic mass is 9.99. The second kappa shape index (κ2) is 8.03. The summed E-state index contributed by atoms with van der Waals surface area (Å²) < 4.78 is 0. The van der Waals surface area contributed by atoms with E-state index >= 15 is 0 Å². The quantitative estimate of drug-likeness (QED) is 0.672. The van der Waals surface area contributed by atoms with Crippen LogP contribution in [0.3, 0.4) is 0 Å². The Bertz CT molecular complexity index is 963. The Labute approximate surface area is 165 Å². The summed E-state index contributed by atoms with van der Waals surface area (Å²) in [4.78, 5) is 13.2. The molecule has 1 fully saturated rings. The molecule has 1 aliphatic rings. The highest BCUT2D eigenvalue weighted by molar-refractivity contribution is 5.86. The number of rotatable bonds is 6. The van der Waals surface area contributed by atoms with Crippen LogP contribution in [0, 0.1) is 0 Å². The minimum Gasteiger partial charge on any atom is -0.481 e. The predicted octanol–water partition coefficient (Wildman–Crippen LogP) is 4.40. The molecule has 0 saturated carbocycles. The SMILES string of the molecule is C[C@@H](NC1CCN(c2ccc(CC(=O)O)cc2)C1)c1cccc2ccccc12. The molecule has 0 spiro atoms. The first-order valence-corrected chi connectivity index (χ1v) is 9.89. The van der Waals surface area contributed by atoms with Crippen LogP contribution in [0.5, 0.6) is 0 Å². The molecule has 2 atom stereocenters. The number of benzene rings is 3. The highest BCUT2D eigenvalue weighted by atomic mass is 16.4. The topological polar surface area (TPSA) is 52.6 Å². The first-order chi connectivity index (χ1) is 13.6. The van der Waals surface area contributed by atoms with Gasteiger partial charge in [0.1, 0.15) is 0 Å². The van der Waals surface area contributed by atoms with E-state index in [0.717, 1.165) is 30.8 Å². The van der Waals surface area contributed by atoms with E-state index in [4.69, 9.17) is 5.11 Å². The van der Waals surface area contributed by atoms with Crippen molar-refractivity contribution < 1.29 is 9.90 Å². The monoisotopic (exact) mass is 374 g/mol. The molecule has 4 heteroatoms. The van der Waals surface area contributed by atoms with E-state index in [1.54, 1.807) is 0 Å². The molecular weight excluding hydrogens is 348 g/mol. The molecule has 3 aromatic carbocycles. The summed E-state index contributed by atoms with van der Waals surface area (Å²) in [5.41, 5.74) is 3.35. The number of carboxylic acids is 1. The second-order valence-electron chi connectivity index (χ2n) is 7.63. The van der Waals surface area contributed by atoms with E-state index < -0.39 is 5.97 Å². The molecule has 1 aliphatic heterocycles. The first kappa shape index (κ1) is 18.5. The molecule has 4 nitrogen and oxygen atoms in total. The zero-order chi connectivity index (χ0) is 19.5. The standard InChI is InChI=1S/C24H26N2O2/c1-17(22-8-4-6-19-5-2-3-7-23(19)22)25-20-13-14-26(16-20)21-11-9-18(10-12-21)15-24(27)28/h2-12,17,20,25H,13-16H2,1H3,(H,27,28)/t17-,20?/m1/s1. The van der Waals surface area contributed by atoms with Crippen molar-refractivity contribution in [3.63, 3.8) is 0 Å². The Morgan fingerprint density at radius 1 is 1.11 bits per heavy atom. The smallest absolute Gasteiger partial charge is 0.307 e. The van der Waals surface area contributed by atoms with Gasteiger partial charge in [-0.3, -0.25) is 4.79 Å². The van der Waals surface area contributed by atoms with Crippen LogP contribution in [0.4, 0.5) is 5.69 Å². The van der Waals surface area contributed by atoms with E-state index in [1.165, 1.54) is 16.3 Å². The van der Waals surface area contributed by atoms with Gasteiger partial charge in [-0.25, -0.2) is 0 Å². The Kier molecular flexibility index (Phi) is 5.31. The van der Waals surface area contributed by atoms with Crippen molar-refractivity contribution >= 4 is 22.4 Å². The Morgan fingerprint density at radius 3 is 2.64 bits per heavy atom. The molecule has 0 bridgehead atoms. The molecule has 0 radical (unpaired) electrons. The lowest BCUT2D eigenvalue weighted by Crippen LogP contribution is -2.34. The molecule has 28 heavy (non-hydrogen) atoms. The van der Waals surface area contributed by atoms with Crippen molar-refractivity contribution in [3.8, 4) is 0 Å². The molecule has 0 amide bonds. The maximum atomic E-state index is 10.8. The van der Waals surface area contributed by atoms with E-state index in [1.807, 2.05) is 24.3 Å². The fourth-order valence-electron chi connectivity index (χ4n) is 4.20. The van der Waals surface area contributed by atoms with Gasteiger partial charge >= 0.3 is 5.97 Å². The molecule has 0 aliphatic carbocycles. The van der Waals surface area contributed by atoms with E-state index in [0.29, 0.717) is 6.04 Å². The van der Waals surface area contributed by atoms with Crippen molar-refractivity contribution in [2.45, 2.75) is 31.8 Å². The van der Waals surface area contributed by atoms with E-state index in [-0.39, 0.29) is 12.5 Å². The average molecular weight is 374 g/mol. The molecule has 144 valence electrons. The second-order valence-corrected chi connectivity index (χ2v) is 7.63. The number of nitrogens with one attached hydrogen (secondary N) is 1.